The van der Waals surface area contributed by atoms with Crippen molar-refractivity contribution in [3.63, 3.8) is 0 Å². The molecule has 0 amide bonds. The molecular weight excluding hydrogens is 569 g/mol. The predicted octanol–water partition coefficient (Wildman–Crippen LogP) is 9.69. The summed E-state index contributed by atoms with van der Waals surface area (Å²) in [5.74, 6) is 0. The number of H-pyrrole nitrogens is 1. The second-order valence-corrected chi connectivity index (χ2v) is 12.5. The summed E-state index contributed by atoms with van der Waals surface area (Å²) in [6.07, 6.45) is -0.797. The van der Waals surface area contributed by atoms with Crippen LogP contribution in [0.3, 0.4) is 0 Å². The van der Waals surface area contributed by atoms with Gasteiger partial charge in [-0.05, 0) is 80.5 Å². The van der Waals surface area contributed by atoms with Gasteiger partial charge in [0.25, 0.3) is 0 Å². The van der Waals surface area contributed by atoms with Crippen molar-refractivity contribution in [3.05, 3.63) is 104 Å². The molecule has 0 fully saturated rings. The van der Waals surface area contributed by atoms with Crippen molar-refractivity contribution in [2.75, 3.05) is 0 Å². The number of para-hydroxylation sites is 1. The summed E-state index contributed by atoms with van der Waals surface area (Å²) >= 11 is 6.84. The standard InChI is InChI=1S/C35H36ClF3N4/c1-7-22-10-9-11-23(8-2)31(22)43-32(26-15-12-20(3)30-29(26)28(36)17-40-30)27-19-42(34(5,6)33(27)41-43)18-24-13-14-25(16-21(24)4)35(37,38)39/h9-17,40H,7-8,18-19H2,1-6H3. The molecule has 2 aromatic heterocycles. The van der Waals surface area contributed by atoms with E-state index in [1.165, 1.54) is 23.3 Å². The zero-order valence-electron chi connectivity index (χ0n) is 25.4. The van der Waals surface area contributed by atoms with Crippen molar-refractivity contribution in [2.45, 2.75) is 79.2 Å². The van der Waals surface area contributed by atoms with Crippen LogP contribution in [0.1, 0.15) is 72.3 Å². The summed E-state index contributed by atoms with van der Waals surface area (Å²) in [5.41, 5.74) is 10.2. The molecule has 6 rings (SSSR count). The second kappa shape index (κ2) is 10.6. The first kappa shape index (κ1) is 29.5. The van der Waals surface area contributed by atoms with Crippen LogP contribution in [0, 0.1) is 13.8 Å². The quantitative estimate of drug-likeness (QED) is 0.209. The van der Waals surface area contributed by atoms with Crippen LogP contribution in [0.25, 0.3) is 27.8 Å². The van der Waals surface area contributed by atoms with E-state index in [0.29, 0.717) is 23.7 Å². The fourth-order valence-electron chi connectivity index (χ4n) is 6.61. The maximum atomic E-state index is 13.4. The molecule has 8 heteroatoms. The molecule has 0 atom stereocenters. The van der Waals surface area contributed by atoms with Crippen LogP contribution in [-0.2, 0) is 37.6 Å². The van der Waals surface area contributed by atoms with E-state index in [0.717, 1.165) is 63.1 Å². The normalized spacial score (nSPS) is 15.0. The van der Waals surface area contributed by atoms with Crippen LogP contribution < -0.4 is 0 Å². The molecule has 0 aliphatic carbocycles. The van der Waals surface area contributed by atoms with Gasteiger partial charge in [-0.25, -0.2) is 4.68 Å². The van der Waals surface area contributed by atoms with E-state index in [1.54, 1.807) is 13.0 Å². The minimum Gasteiger partial charge on any atom is -0.360 e. The first-order valence-electron chi connectivity index (χ1n) is 14.8. The predicted molar refractivity (Wildman–Crippen MR) is 168 cm³/mol. The van der Waals surface area contributed by atoms with Crippen LogP contribution in [0.2, 0.25) is 5.02 Å². The van der Waals surface area contributed by atoms with Crippen molar-refractivity contribution in [3.8, 4) is 16.9 Å². The minimum absolute atomic E-state index is 0.468. The fraction of sp³-hybridized carbons (Fsp3) is 0.343. The van der Waals surface area contributed by atoms with Crippen molar-refractivity contribution >= 4 is 22.5 Å². The van der Waals surface area contributed by atoms with Gasteiger partial charge in [-0.3, -0.25) is 4.90 Å². The average molecular weight is 605 g/mol. The largest absolute Gasteiger partial charge is 0.416 e. The molecule has 0 saturated heterocycles. The SMILES string of the molecule is CCc1cccc(CC)c1-n1nc2c(c1-c1ccc(C)c3[nH]cc(Cl)c13)CN(Cc1ccc(C(F)(F)F)cc1C)C2(C)C. The zero-order valence-corrected chi connectivity index (χ0v) is 26.1. The molecule has 0 saturated carbocycles. The lowest BCUT2D eigenvalue weighted by Crippen LogP contribution is -2.36. The first-order valence-corrected chi connectivity index (χ1v) is 15.2. The van der Waals surface area contributed by atoms with Crippen LogP contribution in [0.4, 0.5) is 13.2 Å². The molecule has 43 heavy (non-hydrogen) atoms. The lowest BCUT2D eigenvalue weighted by molar-refractivity contribution is -0.137. The topological polar surface area (TPSA) is 36.9 Å². The molecule has 1 aliphatic heterocycles. The molecular formula is C35H36ClF3N4. The third-order valence-corrected chi connectivity index (χ3v) is 9.46. The Morgan fingerprint density at radius 3 is 2.28 bits per heavy atom. The first-order chi connectivity index (χ1) is 20.4. The van der Waals surface area contributed by atoms with Gasteiger partial charge in [0.1, 0.15) is 0 Å². The Balaban J connectivity index is 1.55. The van der Waals surface area contributed by atoms with Gasteiger partial charge in [0.05, 0.1) is 38.7 Å². The Labute approximate surface area is 255 Å². The van der Waals surface area contributed by atoms with E-state index in [9.17, 15) is 13.2 Å². The third-order valence-electron chi connectivity index (χ3n) is 9.16. The highest BCUT2D eigenvalue weighted by Crippen LogP contribution is 2.47. The molecule has 5 aromatic rings. The molecule has 0 radical (unpaired) electrons. The number of nitrogens with one attached hydrogen (secondary N) is 1. The summed E-state index contributed by atoms with van der Waals surface area (Å²) < 4.78 is 42.2. The Morgan fingerprint density at radius 2 is 1.65 bits per heavy atom. The van der Waals surface area contributed by atoms with E-state index in [4.69, 9.17) is 16.7 Å². The summed E-state index contributed by atoms with van der Waals surface area (Å²) in [4.78, 5) is 5.67. The van der Waals surface area contributed by atoms with Crippen molar-refractivity contribution in [1.29, 1.82) is 0 Å². The number of hydrogen-bond donors (Lipinski definition) is 1. The number of benzene rings is 3. The fourth-order valence-corrected chi connectivity index (χ4v) is 6.86. The highest BCUT2D eigenvalue weighted by Gasteiger charge is 2.43. The molecule has 1 N–H and O–H groups in total. The number of rotatable bonds is 6. The average Bonchev–Trinajstić information content (AvgIpc) is 3.61. The Kier molecular flexibility index (Phi) is 7.25. The number of fused-ring (bicyclic) bond motifs is 2. The van der Waals surface area contributed by atoms with Crippen molar-refractivity contribution in [2.24, 2.45) is 0 Å². The molecule has 3 aromatic carbocycles. The molecule has 0 spiro atoms. The number of aryl methyl sites for hydroxylation is 4. The van der Waals surface area contributed by atoms with E-state index in [2.05, 4.69) is 79.5 Å². The zero-order chi connectivity index (χ0) is 30.8. The highest BCUT2D eigenvalue weighted by molar-refractivity contribution is 6.36. The van der Waals surface area contributed by atoms with Crippen molar-refractivity contribution in [1.82, 2.24) is 19.7 Å². The van der Waals surface area contributed by atoms with Gasteiger partial charge in [0.2, 0.25) is 0 Å². The van der Waals surface area contributed by atoms with E-state index < -0.39 is 17.3 Å². The molecule has 224 valence electrons. The van der Waals surface area contributed by atoms with Crippen LogP contribution in [0.5, 0.6) is 0 Å². The van der Waals surface area contributed by atoms with Gasteiger partial charge < -0.3 is 4.98 Å². The van der Waals surface area contributed by atoms with Crippen LogP contribution in [0.15, 0.2) is 54.7 Å². The molecule has 1 aliphatic rings. The van der Waals surface area contributed by atoms with Crippen LogP contribution in [-0.4, -0.2) is 19.7 Å². The van der Waals surface area contributed by atoms with Gasteiger partial charge in [-0.1, -0.05) is 61.8 Å². The summed E-state index contributed by atoms with van der Waals surface area (Å²) in [6.45, 7) is 13.6. The summed E-state index contributed by atoms with van der Waals surface area (Å²) in [5, 5.41) is 7.01. The minimum atomic E-state index is -4.36. The molecule has 0 bridgehead atoms. The van der Waals surface area contributed by atoms with Gasteiger partial charge >= 0.3 is 6.18 Å². The number of aromatic amines is 1. The molecule has 3 heterocycles. The number of halogens is 4. The van der Waals surface area contributed by atoms with Crippen molar-refractivity contribution < 1.29 is 13.2 Å². The van der Waals surface area contributed by atoms with Crippen LogP contribution >= 0.6 is 11.6 Å². The van der Waals surface area contributed by atoms with Gasteiger partial charge in [-0.2, -0.15) is 18.3 Å². The summed E-state index contributed by atoms with van der Waals surface area (Å²) in [6, 6.07) is 14.7. The maximum absolute atomic E-state index is 13.4. The Hall–Kier alpha value is -3.55. The monoisotopic (exact) mass is 604 g/mol. The highest BCUT2D eigenvalue weighted by atomic mass is 35.5. The maximum Gasteiger partial charge on any atom is 0.416 e. The smallest absolute Gasteiger partial charge is 0.360 e. The van der Waals surface area contributed by atoms with E-state index >= 15 is 0 Å². The van der Waals surface area contributed by atoms with Gasteiger partial charge in [0, 0.05) is 35.8 Å². The lowest BCUT2D eigenvalue weighted by atomic mass is 9.96. The van der Waals surface area contributed by atoms with Gasteiger partial charge in [0.15, 0.2) is 0 Å². The van der Waals surface area contributed by atoms with E-state index in [1.807, 2.05) is 6.20 Å². The summed E-state index contributed by atoms with van der Waals surface area (Å²) in [7, 11) is 0. The van der Waals surface area contributed by atoms with Gasteiger partial charge in [-0.15, -0.1) is 0 Å². The number of nitrogens with zero attached hydrogens (tertiary/aromatic N) is 3. The Bertz CT molecular complexity index is 1840. The Morgan fingerprint density at radius 1 is 0.953 bits per heavy atom. The molecule has 0 unspecified atom stereocenters. The number of aromatic nitrogens is 3. The third kappa shape index (κ3) is 4.77. The van der Waals surface area contributed by atoms with E-state index in [-0.39, 0.29) is 0 Å². The second-order valence-electron chi connectivity index (χ2n) is 12.1. The number of alkyl halides is 3. The molecule has 4 nitrogen and oxygen atoms in total. The number of hydrogen-bond acceptors (Lipinski definition) is 2. The lowest BCUT2D eigenvalue weighted by Gasteiger charge is -2.32.